The molecule has 0 aliphatic heterocycles. The summed E-state index contributed by atoms with van der Waals surface area (Å²) in [7, 11) is 0. The zero-order valence-corrected chi connectivity index (χ0v) is 15.2. The zero-order valence-electron chi connectivity index (χ0n) is 14.4. The largest absolute Gasteiger partial charge is 0.294 e. The quantitative estimate of drug-likeness (QED) is 0.336. The average molecular weight is 385 g/mol. The molecule has 0 fully saturated rings. The van der Waals surface area contributed by atoms with E-state index in [1.807, 2.05) is 6.08 Å². The molecular weight excluding hydrogens is 368 g/mol. The van der Waals surface area contributed by atoms with E-state index in [0.717, 1.165) is 5.56 Å². The molecule has 2 aromatic carbocycles. The lowest BCUT2D eigenvalue weighted by atomic mass is 10.1. The number of benzene rings is 2. The van der Waals surface area contributed by atoms with Gasteiger partial charge in [-0.15, -0.1) is 5.10 Å². The molecular formula is C20H17F2N3OS. The topological polar surface area (TPSA) is 58.6 Å². The Morgan fingerprint density at radius 3 is 2.37 bits per heavy atom. The molecule has 1 heterocycles. The Morgan fingerprint density at radius 2 is 1.67 bits per heavy atom. The highest BCUT2D eigenvalue weighted by Crippen LogP contribution is 2.16. The van der Waals surface area contributed by atoms with E-state index < -0.39 is 0 Å². The van der Waals surface area contributed by atoms with E-state index in [0.29, 0.717) is 35.1 Å². The number of halogens is 2. The number of H-pyrrole nitrogens is 1. The first-order valence-corrected chi connectivity index (χ1v) is 9.36. The molecule has 1 N–H and O–H groups in total. The molecule has 3 aromatic rings. The number of aromatic nitrogens is 3. The van der Waals surface area contributed by atoms with Gasteiger partial charge in [0.1, 0.15) is 17.5 Å². The number of nitrogens with zero attached hydrogens (tertiary/aromatic N) is 2. The van der Waals surface area contributed by atoms with Crippen LogP contribution in [0.3, 0.4) is 0 Å². The molecule has 0 saturated heterocycles. The monoisotopic (exact) mass is 385 g/mol. The summed E-state index contributed by atoms with van der Waals surface area (Å²) in [5.41, 5.74) is 1.38. The zero-order chi connectivity index (χ0) is 19.1. The highest BCUT2D eigenvalue weighted by atomic mass is 32.2. The van der Waals surface area contributed by atoms with Crippen LogP contribution >= 0.6 is 11.8 Å². The lowest BCUT2D eigenvalue weighted by Gasteiger charge is -2.00. The van der Waals surface area contributed by atoms with Gasteiger partial charge in [0.25, 0.3) is 0 Å². The van der Waals surface area contributed by atoms with Crippen molar-refractivity contribution in [2.24, 2.45) is 0 Å². The van der Waals surface area contributed by atoms with Crippen molar-refractivity contribution < 1.29 is 13.6 Å². The molecule has 4 nitrogen and oxygen atoms in total. The molecule has 0 unspecified atom stereocenters. The van der Waals surface area contributed by atoms with Crippen LogP contribution in [0.5, 0.6) is 0 Å². The second-order valence-corrected chi connectivity index (χ2v) is 6.83. The number of hydrogen-bond acceptors (Lipinski definition) is 4. The molecule has 0 aliphatic carbocycles. The molecule has 0 spiro atoms. The Balaban J connectivity index is 1.43. The van der Waals surface area contributed by atoms with Crippen molar-refractivity contribution in [3.8, 4) is 0 Å². The highest BCUT2D eigenvalue weighted by Gasteiger charge is 2.07. The summed E-state index contributed by atoms with van der Waals surface area (Å²) < 4.78 is 25.7. The summed E-state index contributed by atoms with van der Waals surface area (Å²) in [4.78, 5) is 16.3. The summed E-state index contributed by atoms with van der Waals surface area (Å²) in [6.07, 6.45) is 4.65. The van der Waals surface area contributed by atoms with Crippen LogP contribution in [0, 0.1) is 11.6 Å². The predicted octanol–water partition coefficient (Wildman–Crippen LogP) is 5.01. The third kappa shape index (κ3) is 5.86. The minimum absolute atomic E-state index is 0.00601. The van der Waals surface area contributed by atoms with Gasteiger partial charge in [-0.05, 0) is 54.5 Å². The van der Waals surface area contributed by atoms with Crippen molar-refractivity contribution in [3.05, 3.63) is 77.1 Å². The number of thioether (sulfide) groups is 1. The highest BCUT2D eigenvalue weighted by molar-refractivity contribution is 7.99. The molecule has 0 saturated carbocycles. The molecule has 0 atom stereocenters. The molecule has 0 bridgehead atoms. The van der Waals surface area contributed by atoms with Gasteiger partial charge in [0.2, 0.25) is 5.16 Å². The van der Waals surface area contributed by atoms with Crippen LogP contribution in [0.15, 0.2) is 53.7 Å². The third-order valence-electron chi connectivity index (χ3n) is 3.73. The third-order valence-corrected chi connectivity index (χ3v) is 4.66. The SMILES string of the molecule is O=C(CCCSc1n[nH]c(/C=C\c2ccc(F)cc2)n1)c1ccc(F)cc1. The van der Waals surface area contributed by atoms with Crippen molar-refractivity contribution in [2.45, 2.75) is 18.0 Å². The van der Waals surface area contributed by atoms with E-state index in [-0.39, 0.29) is 17.4 Å². The number of nitrogens with one attached hydrogen (secondary N) is 1. The molecule has 27 heavy (non-hydrogen) atoms. The summed E-state index contributed by atoms with van der Waals surface area (Å²) in [5.74, 6) is 0.670. The van der Waals surface area contributed by atoms with Crippen LogP contribution in [0.2, 0.25) is 0 Å². The van der Waals surface area contributed by atoms with Gasteiger partial charge < -0.3 is 0 Å². The minimum atomic E-state index is -0.351. The number of aromatic amines is 1. The first kappa shape index (κ1) is 19.0. The summed E-state index contributed by atoms with van der Waals surface area (Å²) in [5, 5.41) is 7.54. The Hall–Kier alpha value is -2.80. The molecule has 0 radical (unpaired) electrons. The number of Topliss-reactive ketones (excluding diaryl/α,β-unsaturated/α-hetero) is 1. The van der Waals surface area contributed by atoms with Gasteiger partial charge in [-0.3, -0.25) is 9.89 Å². The maximum absolute atomic E-state index is 12.9. The van der Waals surface area contributed by atoms with Crippen molar-refractivity contribution in [3.63, 3.8) is 0 Å². The number of ketones is 1. The van der Waals surface area contributed by atoms with Crippen molar-refractivity contribution in [1.29, 1.82) is 0 Å². The summed E-state index contributed by atoms with van der Waals surface area (Å²) in [6, 6.07) is 11.7. The lowest BCUT2D eigenvalue weighted by molar-refractivity contribution is 0.0982. The number of carbonyl (C=O) groups is 1. The van der Waals surface area contributed by atoms with Crippen LogP contribution in [-0.2, 0) is 0 Å². The fraction of sp³-hybridized carbons (Fsp3) is 0.150. The number of hydrogen-bond donors (Lipinski definition) is 1. The van der Waals surface area contributed by atoms with Crippen molar-refractivity contribution in [2.75, 3.05) is 5.75 Å². The van der Waals surface area contributed by atoms with E-state index in [1.54, 1.807) is 18.2 Å². The molecule has 7 heteroatoms. The van der Waals surface area contributed by atoms with Gasteiger partial charge >= 0.3 is 0 Å². The van der Waals surface area contributed by atoms with Crippen LogP contribution < -0.4 is 0 Å². The molecule has 1 aromatic heterocycles. The Labute approximate surface area is 159 Å². The van der Waals surface area contributed by atoms with Gasteiger partial charge in [0.15, 0.2) is 5.78 Å². The van der Waals surface area contributed by atoms with Gasteiger partial charge in [-0.1, -0.05) is 30.0 Å². The molecule has 138 valence electrons. The molecule has 0 amide bonds. The average Bonchev–Trinajstić information content (AvgIpc) is 3.13. The van der Waals surface area contributed by atoms with Gasteiger partial charge in [-0.25, -0.2) is 13.8 Å². The van der Waals surface area contributed by atoms with Crippen molar-refractivity contribution >= 4 is 29.7 Å². The number of carbonyl (C=O) groups excluding carboxylic acids is 1. The van der Waals surface area contributed by atoms with Crippen LogP contribution in [-0.4, -0.2) is 26.7 Å². The molecule has 3 rings (SSSR count). The van der Waals surface area contributed by atoms with Crippen molar-refractivity contribution in [1.82, 2.24) is 15.2 Å². The Bertz CT molecular complexity index is 921. The van der Waals surface area contributed by atoms with E-state index in [1.165, 1.54) is 48.2 Å². The summed E-state index contributed by atoms with van der Waals surface area (Å²) in [6.45, 7) is 0. The van der Waals surface area contributed by atoms with E-state index in [9.17, 15) is 13.6 Å². The fourth-order valence-electron chi connectivity index (χ4n) is 2.32. The second kappa shape index (κ2) is 9.23. The predicted molar refractivity (Wildman–Crippen MR) is 102 cm³/mol. The standard InChI is InChI=1S/C20H17F2N3OS/c21-16-8-3-14(4-9-16)5-12-19-23-20(25-24-19)27-13-1-2-18(26)15-6-10-17(22)11-7-15/h3-12H,1-2,13H2,(H,23,24,25)/b12-5-. The van der Waals surface area contributed by atoms with Gasteiger partial charge in [-0.2, -0.15) is 0 Å². The van der Waals surface area contributed by atoms with Gasteiger partial charge in [0.05, 0.1) is 0 Å². The van der Waals surface area contributed by atoms with E-state index >= 15 is 0 Å². The van der Waals surface area contributed by atoms with E-state index in [2.05, 4.69) is 15.2 Å². The maximum atomic E-state index is 12.9. The van der Waals surface area contributed by atoms with Gasteiger partial charge in [0, 0.05) is 17.7 Å². The summed E-state index contributed by atoms with van der Waals surface area (Å²) >= 11 is 1.46. The smallest absolute Gasteiger partial charge is 0.208 e. The van der Waals surface area contributed by atoms with E-state index in [4.69, 9.17) is 0 Å². The fourth-order valence-corrected chi connectivity index (χ4v) is 3.07. The first-order chi connectivity index (χ1) is 13.1. The number of rotatable bonds is 8. The first-order valence-electron chi connectivity index (χ1n) is 8.38. The molecule has 0 aliphatic rings. The maximum Gasteiger partial charge on any atom is 0.208 e. The van der Waals surface area contributed by atoms with Crippen LogP contribution in [0.4, 0.5) is 8.78 Å². The van der Waals surface area contributed by atoms with Crippen LogP contribution in [0.25, 0.3) is 12.2 Å². The Morgan fingerprint density at radius 1 is 1.00 bits per heavy atom. The Kier molecular flexibility index (Phi) is 6.49. The van der Waals surface area contributed by atoms with Crippen LogP contribution in [0.1, 0.15) is 34.6 Å². The minimum Gasteiger partial charge on any atom is -0.294 e. The second-order valence-electron chi connectivity index (χ2n) is 5.77. The lowest BCUT2D eigenvalue weighted by Crippen LogP contribution is -1.99. The normalized spacial score (nSPS) is 11.2.